The standard InChI is InChI=1S/C16H23N5O8/c22-6-4-2-1-3-5-12(25)20-29-16(27)19-14-17-9-21(15(26)18-14)13-7-10(24)11(8-23)28-13/h6,9-11,13,23-24H,1-5,7-8H2,(H,20,25)(H,18,19,26,27)/t10-,11+,13+/m0/s1. The van der Waals surface area contributed by atoms with Gasteiger partial charge in [-0.15, -0.1) is 0 Å². The van der Waals surface area contributed by atoms with E-state index in [4.69, 9.17) is 9.84 Å². The predicted molar refractivity (Wildman–Crippen MR) is 95.3 cm³/mol. The molecule has 29 heavy (non-hydrogen) atoms. The van der Waals surface area contributed by atoms with E-state index in [9.17, 15) is 24.3 Å². The number of aromatic nitrogens is 3. The third-order valence-corrected chi connectivity index (χ3v) is 4.12. The summed E-state index contributed by atoms with van der Waals surface area (Å²) in [6.07, 6.45) is 0.762. The quantitative estimate of drug-likeness (QED) is 0.223. The second-order valence-corrected chi connectivity index (χ2v) is 6.29. The minimum absolute atomic E-state index is 0.0739. The zero-order valence-corrected chi connectivity index (χ0v) is 15.5. The number of nitrogens with one attached hydrogen (secondary N) is 2. The number of rotatable bonds is 9. The number of hydroxylamine groups is 1. The van der Waals surface area contributed by atoms with Crippen LogP contribution in [0.2, 0.25) is 0 Å². The lowest BCUT2D eigenvalue weighted by atomic mass is 10.1. The van der Waals surface area contributed by atoms with E-state index in [1.165, 1.54) is 0 Å². The van der Waals surface area contributed by atoms with Gasteiger partial charge in [0.25, 0.3) is 5.91 Å². The van der Waals surface area contributed by atoms with E-state index in [0.29, 0.717) is 25.7 Å². The van der Waals surface area contributed by atoms with Crippen molar-refractivity contribution in [2.24, 2.45) is 0 Å². The number of carbonyl (C=O) groups is 3. The molecule has 2 amide bonds. The molecule has 160 valence electrons. The molecule has 1 saturated heterocycles. The fourth-order valence-electron chi connectivity index (χ4n) is 2.61. The summed E-state index contributed by atoms with van der Waals surface area (Å²) < 4.78 is 6.35. The van der Waals surface area contributed by atoms with Gasteiger partial charge in [0.1, 0.15) is 24.9 Å². The molecule has 1 aliphatic heterocycles. The molecule has 0 bridgehead atoms. The van der Waals surface area contributed by atoms with E-state index in [-0.39, 0.29) is 18.8 Å². The Bertz CT molecular complexity index is 770. The van der Waals surface area contributed by atoms with Crippen molar-refractivity contribution in [2.75, 3.05) is 11.9 Å². The fourth-order valence-corrected chi connectivity index (χ4v) is 2.61. The summed E-state index contributed by atoms with van der Waals surface area (Å²) in [6.45, 7) is -0.400. The van der Waals surface area contributed by atoms with Gasteiger partial charge in [-0.3, -0.25) is 14.7 Å². The second-order valence-electron chi connectivity index (χ2n) is 6.29. The predicted octanol–water partition coefficient (Wildman–Crippen LogP) is -0.992. The number of carbonyl (C=O) groups excluding carboxylic acids is 3. The van der Waals surface area contributed by atoms with E-state index in [0.717, 1.165) is 17.2 Å². The number of ether oxygens (including phenoxy) is 1. The zero-order chi connectivity index (χ0) is 21.2. The summed E-state index contributed by atoms with van der Waals surface area (Å²) in [5.41, 5.74) is 1.15. The summed E-state index contributed by atoms with van der Waals surface area (Å²) in [6, 6.07) is 0. The van der Waals surface area contributed by atoms with Gasteiger partial charge >= 0.3 is 11.8 Å². The molecule has 3 atom stereocenters. The van der Waals surface area contributed by atoms with Gasteiger partial charge in [-0.25, -0.2) is 14.6 Å². The van der Waals surface area contributed by atoms with Crippen LogP contribution in [0.5, 0.6) is 0 Å². The molecule has 0 spiro atoms. The molecule has 4 N–H and O–H groups in total. The Labute approximate surface area is 165 Å². The maximum absolute atomic E-state index is 12.1. The van der Waals surface area contributed by atoms with Crippen molar-refractivity contribution < 1.29 is 34.2 Å². The number of aldehydes is 1. The lowest BCUT2D eigenvalue weighted by molar-refractivity contribution is -0.129. The van der Waals surface area contributed by atoms with Crippen LogP contribution >= 0.6 is 0 Å². The first kappa shape index (κ1) is 22.4. The third-order valence-electron chi connectivity index (χ3n) is 4.12. The van der Waals surface area contributed by atoms with Crippen LogP contribution in [0.25, 0.3) is 0 Å². The second kappa shape index (κ2) is 11.2. The van der Waals surface area contributed by atoms with Crippen LogP contribution < -0.4 is 16.5 Å². The van der Waals surface area contributed by atoms with Crippen LogP contribution in [0.15, 0.2) is 11.1 Å². The van der Waals surface area contributed by atoms with Crippen molar-refractivity contribution in [3.63, 3.8) is 0 Å². The molecule has 0 unspecified atom stereocenters. The SMILES string of the molecule is O=CCCCCCC(=O)NOC(=O)Nc1ncn([C@H]2C[C@H](O)[C@@H](CO)O2)c(=O)n1. The van der Waals surface area contributed by atoms with Crippen molar-refractivity contribution in [3.8, 4) is 0 Å². The minimum atomic E-state index is -1.09. The van der Waals surface area contributed by atoms with Crippen molar-refractivity contribution in [1.82, 2.24) is 20.0 Å². The van der Waals surface area contributed by atoms with Gasteiger partial charge in [-0.1, -0.05) is 6.42 Å². The molecule has 1 aromatic rings. The van der Waals surface area contributed by atoms with Gasteiger partial charge in [0, 0.05) is 19.3 Å². The molecule has 1 fully saturated rings. The molecule has 0 radical (unpaired) electrons. The Morgan fingerprint density at radius 3 is 2.83 bits per heavy atom. The molecule has 13 heteroatoms. The highest BCUT2D eigenvalue weighted by Gasteiger charge is 2.35. The first-order chi connectivity index (χ1) is 13.9. The molecular weight excluding hydrogens is 390 g/mol. The molecule has 0 saturated carbocycles. The highest BCUT2D eigenvalue weighted by Crippen LogP contribution is 2.26. The number of aliphatic hydroxyl groups is 2. The van der Waals surface area contributed by atoms with Crippen LogP contribution in [0.1, 0.15) is 44.8 Å². The van der Waals surface area contributed by atoms with E-state index < -0.39 is 42.7 Å². The first-order valence-corrected chi connectivity index (χ1v) is 9.04. The normalized spacial score (nSPS) is 20.8. The number of hydrogen-bond acceptors (Lipinski definition) is 10. The Morgan fingerprint density at radius 1 is 1.38 bits per heavy atom. The Hall–Kier alpha value is -2.90. The van der Waals surface area contributed by atoms with Crippen LogP contribution in [0.4, 0.5) is 10.7 Å². The highest BCUT2D eigenvalue weighted by atomic mass is 16.7. The fraction of sp³-hybridized carbons (Fsp3) is 0.625. The highest BCUT2D eigenvalue weighted by molar-refractivity contribution is 5.84. The van der Waals surface area contributed by atoms with Crippen LogP contribution in [0, 0.1) is 0 Å². The summed E-state index contributed by atoms with van der Waals surface area (Å²) in [7, 11) is 0. The largest absolute Gasteiger partial charge is 0.438 e. The lowest BCUT2D eigenvalue weighted by Crippen LogP contribution is -2.32. The summed E-state index contributed by atoms with van der Waals surface area (Å²) in [5.74, 6) is -0.866. The van der Waals surface area contributed by atoms with Crippen molar-refractivity contribution in [2.45, 2.75) is 57.0 Å². The van der Waals surface area contributed by atoms with E-state index in [1.54, 1.807) is 0 Å². The maximum Gasteiger partial charge on any atom is 0.438 e. The van der Waals surface area contributed by atoms with Crippen molar-refractivity contribution in [1.29, 1.82) is 0 Å². The smallest absolute Gasteiger partial charge is 0.394 e. The Kier molecular flexibility index (Phi) is 8.64. The number of hydrogen-bond donors (Lipinski definition) is 4. The number of unbranched alkanes of at least 4 members (excludes halogenated alkanes) is 3. The van der Waals surface area contributed by atoms with Crippen molar-refractivity contribution in [3.05, 3.63) is 16.8 Å². The van der Waals surface area contributed by atoms with Gasteiger partial charge in [0.2, 0.25) is 5.95 Å². The van der Waals surface area contributed by atoms with Crippen molar-refractivity contribution >= 4 is 24.2 Å². The zero-order valence-electron chi connectivity index (χ0n) is 15.5. The molecule has 13 nitrogen and oxygen atoms in total. The molecule has 0 aromatic carbocycles. The summed E-state index contributed by atoms with van der Waals surface area (Å²) in [4.78, 5) is 57.3. The Morgan fingerprint density at radius 2 is 2.17 bits per heavy atom. The number of aliphatic hydroxyl groups excluding tert-OH is 2. The lowest BCUT2D eigenvalue weighted by Gasteiger charge is -2.14. The third kappa shape index (κ3) is 6.89. The van der Waals surface area contributed by atoms with Gasteiger partial charge in [0.05, 0.1) is 12.7 Å². The van der Waals surface area contributed by atoms with Gasteiger partial charge < -0.3 is 24.6 Å². The number of anilines is 1. The summed E-state index contributed by atoms with van der Waals surface area (Å²) in [5, 5.41) is 20.9. The average molecular weight is 413 g/mol. The monoisotopic (exact) mass is 413 g/mol. The topological polar surface area (TPSA) is 182 Å². The molecular formula is C16H23N5O8. The molecule has 2 heterocycles. The first-order valence-electron chi connectivity index (χ1n) is 9.04. The van der Waals surface area contributed by atoms with Gasteiger partial charge in [-0.2, -0.15) is 10.5 Å². The number of nitrogens with zero attached hydrogens (tertiary/aromatic N) is 3. The molecule has 1 aromatic heterocycles. The van der Waals surface area contributed by atoms with Crippen LogP contribution in [0.3, 0.4) is 0 Å². The molecule has 1 aliphatic rings. The maximum atomic E-state index is 12.1. The molecule has 2 rings (SSSR count). The molecule has 0 aliphatic carbocycles. The summed E-state index contributed by atoms with van der Waals surface area (Å²) >= 11 is 0. The average Bonchev–Trinajstić information content (AvgIpc) is 3.06. The van der Waals surface area contributed by atoms with E-state index in [1.807, 2.05) is 5.48 Å². The number of amides is 2. The Balaban J connectivity index is 1.78. The van der Waals surface area contributed by atoms with Crippen LogP contribution in [-0.2, 0) is 19.2 Å². The van der Waals surface area contributed by atoms with Gasteiger partial charge in [0.15, 0.2) is 0 Å². The van der Waals surface area contributed by atoms with Gasteiger partial charge in [-0.05, 0) is 12.8 Å². The van der Waals surface area contributed by atoms with Crippen LogP contribution in [-0.4, -0.2) is 61.8 Å². The van der Waals surface area contributed by atoms with E-state index >= 15 is 0 Å². The van der Waals surface area contributed by atoms with E-state index in [2.05, 4.69) is 20.1 Å². The minimum Gasteiger partial charge on any atom is -0.394 e.